The van der Waals surface area contributed by atoms with Gasteiger partial charge in [-0.2, -0.15) is 5.10 Å². The molecule has 0 aromatic heterocycles. The van der Waals surface area contributed by atoms with Crippen molar-refractivity contribution in [2.24, 2.45) is 5.10 Å². The molecular formula is C17H22N2O5. The van der Waals surface area contributed by atoms with Gasteiger partial charge in [-0.1, -0.05) is 25.0 Å². The molecule has 130 valence electrons. The third-order valence-electron chi connectivity index (χ3n) is 3.30. The van der Waals surface area contributed by atoms with Crippen molar-refractivity contribution in [3.05, 3.63) is 35.4 Å². The van der Waals surface area contributed by atoms with Crippen molar-refractivity contribution in [2.45, 2.75) is 38.5 Å². The van der Waals surface area contributed by atoms with Gasteiger partial charge in [-0.25, -0.2) is 10.2 Å². The second kappa shape index (κ2) is 10.9. The minimum Gasteiger partial charge on any atom is -0.478 e. The number of carbonyl (C=O) groups excluding carboxylic acids is 2. The molecule has 0 radical (unpaired) electrons. The SMILES string of the molecule is COC(=O)CCCCCCC(=O)N/N=C/c1cccc(C(=O)O)c1. The van der Waals surface area contributed by atoms with Crippen LogP contribution in [0.5, 0.6) is 0 Å². The van der Waals surface area contributed by atoms with Gasteiger partial charge in [-0.05, 0) is 30.5 Å². The van der Waals surface area contributed by atoms with Gasteiger partial charge >= 0.3 is 11.9 Å². The molecule has 7 nitrogen and oxygen atoms in total. The number of rotatable bonds is 10. The average Bonchev–Trinajstić information content (AvgIpc) is 2.57. The van der Waals surface area contributed by atoms with E-state index in [1.165, 1.54) is 25.5 Å². The molecule has 1 amide bonds. The van der Waals surface area contributed by atoms with Gasteiger partial charge in [-0.15, -0.1) is 0 Å². The predicted molar refractivity (Wildman–Crippen MR) is 88.9 cm³/mol. The number of aromatic carboxylic acids is 1. The fraction of sp³-hybridized carbons (Fsp3) is 0.412. The molecule has 24 heavy (non-hydrogen) atoms. The van der Waals surface area contributed by atoms with Crippen LogP contribution in [0.25, 0.3) is 0 Å². The Bertz CT molecular complexity index is 598. The van der Waals surface area contributed by atoms with E-state index in [1.807, 2.05) is 0 Å². The molecule has 0 saturated heterocycles. The highest BCUT2D eigenvalue weighted by molar-refractivity contribution is 5.91. The van der Waals surface area contributed by atoms with E-state index in [1.54, 1.807) is 12.1 Å². The number of hydrogen-bond acceptors (Lipinski definition) is 5. The van der Waals surface area contributed by atoms with Crippen LogP contribution in [0, 0.1) is 0 Å². The van der Waals surface area contributed by atoms with Crippen LogP contribution in [-0.2, 0) is 14.3 Å². The number of carboxylic acid groups (broad SMARTS) is 1. The number of carboxylic acids is 1. The molecule has 0 heterocycles. The zero-order valence-electron chi connectivity index (χ0n) is 13.7. The zero-order chi connectivity index (χ0) is 17.8. The summed E-state index contributed by atoms with van der Waals surface area (Å²) < 4.78 is 4.54. The Kier molecular flexibility index (Phi) is 8.81. The normalized spacial score (nSPS) is 10.5. The summed E-state index contributed by atoms with van der Waals surface area (Å²) in [7, 11) is 1.37. The Hall–Kier alpha value is -2.70. The molecule has 0 spiro atoms. The van der Waals surface area contributed by atoms with Crippen LogP contribution in [-0.4, -0.2) is 36.3 Å². The van der Waals surface area contributed by atoms with Crippen LogP contribution in [0.1, 0.15) is 54.4 Å². The maximum absolute atomic E-state index is 11.6. The number of unbranched alkanes of at least 4 members (excludes halogenated alkanes) is 3. The Balaban J connectivity index is 2.20. The lowest BCUT2D eigenvalue weighted by Crippen LogP contribution is -2.16. The molecular weight excluding hydrogens is 312 g/mol. The molecule has 0 unspecified atom stereocenters. The van der Waals surface area contributed by atoms with Gasteiger partial charge in [0.25, 0.3) is 0 Å². The van der Waals surface area contributed by atoms with Crippen LogP contribution < -0.4 is 5.43 Å². The lowest BCUT2D eigenvalue weighted by atomic mass is 10.1. The number of hydrazone groups is 1. The van der Waals surface area contributed by atoms with E-state index >= 15 is 0 Å². The molecule has 1 rings (SSSR count). The number of esters is 1. The van der Waals surface area contributed by atoms with E-state index in [-0.39, 0.29) is 17.4 Å². The van der Waals surface area contributed by atoms with Crippen LogP contribution >= 0.6 is 0 Å². The summed E-state index contributed by atoms with van der Waals surface area (Å²) in [6, 6.07) is 6.27. The molecule has 0 saturated carbocycles. The minimum atomic E-state index is -1.01. The standard InChI is InChI=1S/C17H22N2O5/c1-24-16(21)10-5-3-2-4-9-15(20)19-18-12-13-7-6-8-14(11-13)17(22)23/h6-8,11-12H,2-5,9-10H2,1H3,(H,19,20)(H,22,23)/b18-12+. The monoisotopic (exact) mass is 334 g/mol. The van der Waals surface area contributed by atoms with Gasteiger partial charge in [0, 0.05) is 12.8 Å². The average molecular weight is 334 g/mol. The summed E-state index contributed by atoms with van der Waals surface area (Å²) in [5.74, 6) is -1.43. The highest BCUT2D eigenvalue weighted by Gasteiger charge is 2.03. The lowest BCUT2D eigenvalue weighted by Gasteiger charge is -2.01. The number of amides is 1. The Labute approximate surface area is 140 Å². The quantitative estimate of drug-likeness (QED) is 0.296. The maximum atomic E-state index is 11.6. The first-order chi connectivity index (χ1) is 11.5. The molecule has 0 fully saturated rings. The highest BCUT2D eigenvalue weighted by Crippen LogP contribution is 2.06. The summed E-state index contributed by atoms with van der Waals surface area (Å²) in [6.07, 6.45) is 5.36. The lowest BCUT2D eigenvalue weighted by molar-refractivity contribution is -0.140. The summed E-state index contributed by atoms with van der Waals surface area (Å²) in [4.78, 5) is 33.4. The van der Waals surface area contributed by atoms with Crippen molar-refractivity contribution < 1.29 is 24.2 Å². The first-order valence-corrected chi connectivity index (χ1v) is 7.75. The van der Waals surface area contributed by atoms with E-state index in [2.05, 4.69) is 15.3 Å². The molecule has 0 aliphatic rings. The third kappa shape index (κ3) is 8.07. The van der Waals surface area contributed by atoms with E-state index in [0.717, 1.165) is 25.7 Å². The second-order valence-corrected chi connectivity index (χ2v) is 5.21. The summed E-state index contributed by atoms with van der Waals surface area (Å²) in [6.45, 7) is 0. The molecule has 7 heteroatoms. The van der Waals surface area contributed by atoms with Crippen molar-refractivity contribution >= 4 is 24.1 Å². The summed E-state index contributed by atoms with van der Waals surface area (Å²) in [5, 5.41) is 12.7. The molecule has 0 aliphatic heterocycles. The molecule has 1 aromatic carbocycles. The number of ether oxygens (including phenoxy) is 1. The van der Waals surface area contributed by atoms with Crippen LogP contribution in [0.3, 0.4) is 0 Å². The fourth-order valence-electron chi connectivity index (χ4n) is 2.00. The van der Waals surface area contributed by atoms with Crippen molar-refractivity contribution in [2.75, 3.05) is 7.11 Å². The van der Waals surface area contributed by atoms with E-state index in [0.29, 0.717) is 18.4 Å². The molecule has 0 aliphatic carbocycles. The van der Waals surface area contributed by atoms with E-state index < -0.39 is 5.97 Å². The van der Waals surface area contributed by atoms with Gasteiger partial charge in [0.15, 0.2) is 0 Å². The van der Waals surface area contributed by atoms with Crippen molar-refractivity contribution in [3.63, 3.8) is 0 Å². The highest BCUT2D eigenvalue weighted by atomic mass is 16.5. The Morgan fingerprint density at radius 2 is 1.88 bits per heavy atom. The van der Waals surface area contributed by atoms with Crippen molar-refractivity contribution in [3.8, 4) is 0 Å². The van der Waals surface area contributed by atoms with Gasteiger partial charge in [0.2, 0.25) is 5.91 Å². The number of nitrogens with zero attached hydrogens (tertiary/aromatic N) is 1. The van der Waals surface area contributed by atoms with E-state index in [9.17, 15) is 14.4 Å². The number of carbonyl (C=O) groups is 3. The number of hydrogen-bond donors (Lipinski definition) is 2. The number of nitrogens with one attached hydrogen (secondary N) is 1. The Morgan fingerprint density at radius 1 is 1.17 bits per heavy atom. The van der Waals surface area contributed by atoms with Gasteiger partial charge < -0.3 is 9.84 Å². The Morgan fingerprint density at radius 3 is 2.54 bits per heavy atom. The zero-order valence-corrected chi connectivity index (χ0v) is 13.7. The topological polar surface area (TPSA) is 105 Å². The summed E-state index contributed by atoms with van der Waals surface area (Å²) >= 11 is 0. The first-order valence-electron chi connectivity index (χ1n) is 7.75. The third-order valence-corrected chi connectivity index (χ3v) is 3.30. The number of methoxy groups -OCH3 is 1. The maximum Gasteiger partial charge on any atom is 0.335 e. The first kappa shape index (κ1) is 19.3. The fourth-order valence-corrected chi connectivity index (χ4v) is 2.00. The van der Waals surface area contributed by atoms with Crippen molar-refractivity contribution in [1.29, 1.82) is 0 Å². The molecule has 0 bridgehead atoms. The minimum absolute atomic E-state index is 0.164. The summed E-state index contributed by atoms with van der Waals surface area (Å²) in [5.41, 5.74) is 3.17. The van der Waals surface area contributed by atoms with E-state index in [4.69, 9.17) is 5.11 Å². The van der Waals surface area contributed by atoms with Crippen LogP contribution in [0.4, 0.5) is 0 Å². The molecule has 0 atom stereocenters. The van der Waals surface area contributed by atoms with Crippen LogP contribution in [0.15, 0.2) is 29.4 Å². The van der Waals surface area contributed by atoms with Crippen molar-refractivity contribution in [1.82, 2.24) is 5.43 Å². The van der Waals surface area contributed by atoms with Gasteiger partial charge in [0.05, 0.1) is 18.9 Å². The van der Waals surface area contributed by atoms with Gasteiger partial charge in [-0.3, -0.25) is 9.59 Å². The van der Waals surface area contributed by atoms with Crippen LogP contribution in [0.2, 0.25) is 0 Å². The predicted octanol–water partition coefficient (Wildman–Crippen LogP) is 2.35. The molecule has 2 N–H and O–H groups in total. The largest absolute Gasteiger partial charge is 0.478 e. The van der Waals surface area contributed by atoms with Gasteiger partial charge in [0.1, 0.15) is 0 Å². The smallest absolute Gasteiger partial charge is 0.335 e. The number of benzene rings is 1. The molecule has 1 aromatic rings. The second-order valence-electron chi connectivity index (χ2n) is 5.21.